The van der Waals surface area contributed by atoms with Gasteiger partial charge in [0.2, 0.25) is 0 Å². The fourth-order valence-corrected chi connectivity index (χ4v) is 13.3. The zero-order valence-corrected chi connectivity index (χ0v) is 24.1. The lowest BCUT2D eigenvalue weighted by atomic mass is 9.42. The van der Waals surface area contributed by atoms with Crippen molar-refractivity contribution in [3.63, 3.8) is 0 Å². The van der Waals surface area contributed by atoms with Gasteiger partial charge in [0, 0.05) is 5.92 Å². The third kappa shape index (κ3) is 3.37. The second-order valence-corrected chi connectivity index (χ2v) is 16.2. The highest BCUT2D eigenvalue weighted by molar-refractivity contribution is 9.09. The molecule has 0 aliphatic heterocycles. The molecule has 0 aromatic heterocycles. The second kappa shape index (κ2) is 8.06. The summed E-state index contributed by atoms with van der Waals surface area (Å²) in [6.07, 6.45) is 16.7. The molecule has 0 amide bonds. The van der Waals surface area contributed by atoms with Crippen LogP contribution in [0, 0.1) is 75.9 Å². The van der Waals surface area contributed by atoms with Gasteiger partial charge < -0.3 is 5.11 Å². The molecule has 0 aromatic rings. The number of carbonyl (C=O) groups is 1. The van der Waals surface area contributed by atoms with Crippen molar-refractivity contribution in [3.8, 4) is 0 Å². The summed E-state index contributed by atoms with van der Waals surface area (Å²) < 4.78 is 0. The molecular weight excluding hydrogens is 496 g/mol. The molecule has 35 heavy (non-hydrogen) atoms. The maximum absolute atomic E-state index is 13.1. The van der Waals surface area contributed by atoms with E-state index in [1.807, 2.05) is 0 Å². The number of aliphatic hydroxyl groups is 1. The van der Waals surface area contributed by atoms with E-state index in [4.69, 9.17) is 0 Å². The fraction of sp³-hybridized carbons (Fsp3) is 0.969. The molecule has 2 bridgehead atoms. The van der Waals surface area contributed by atoms with Crippen LogP contribution in [0.3, 0.4) is 0 Å². The molecule has 2 nitrogen and oxygen atoms in total. The minimum Gasteiger partial charge on any atom is -0.390 e. The van der Waals surface area contributed by atoms with Gasteiger partial charge in [-0.1, -0.05) is 49.0 Å². The van der Waals surface area contributed by atoms with E-state index < -0.39 is 5.60 Å². The lowest BCUT2D eigenvalue weighted by Crippen LogP contribution is -2.56. The third-order valence-corrected chi connectivity index (χ3v) is 14.9. The molecule has 0 radical (unpaired) electrons. The lowest BCUT2D eigenvalue weighted by molar-refractivity contribution is -0.150. The molecule has 0 spiro atoms. The standard InChI is InChI=1S/C32H49BrO2/c1-30(35)12-13-32(3)25-10-11-31(2)24(8-5-9-26(31)27(34)17-33)19(25)7-4-6-18(16-30)29(32)23-15-21-20-14-22(23)28(20)21/h18-26,28-29,35H,4-17H2,1-3H3/t18-,19+,20?,21-,22-,23?,24-,25-,26+,28?,29?,30+,31-,32+/m0/s1. The Morgan fingerprint density at radius 3 is 2.20 bits per heavy atom. The maximum atomic E-state index is 13.1. The number of alkyl halides is 1. The summed E-state index contributed by atoms with van der Waals surface area (Å²) in [6, 6.07) is 0. The molecule has 4 unspecified atom stereocenters. The summed E-state index contributed by atoms with van der Waals surface area (Å²) in [6.45, 7) is 7.43. The van der Waals surface area contributed by atoms with Crippen LogP contribution in [0.4, 0.5) is 0 Å². The first kappa shape index (κ1) is 24.2. The number of carbonyl (C=O) groups excluding carboxylic acids is 1. The molecule has 7 saturated carbocycles. The minimum atomic E-state index is -0.481. The zero-order chi connectivity index (χ0) is 24.3. The van der Waals surface area contributed by atoms with Gasteiger partial charge in [0.25, 0.3) is 0 Å². The number of halogens is 1. The summed E-state index contributed by atoms with van der Waals surface area (Å²) in [4.78, 5) is 13.1. The highest BCUT2D eigenvalue weighted by Gasteiger charge is 2.72. The molecule has 0 aromatic carbocycles. The van der Waals surface area contributed by atoms with Crippen molar-refractivity contribution in [3.05, 3.63) is 0 Å². The van der Waals surface area contributed by atoms with Crippen molar-refractivity contribution in [2.45, 2.75) is 110 Å². The summed E-state index contributed by atoms with van der Waals surface area (Å²) in [5.41, 5.74) is 0.100. The summed E-state index contributed by atoms with van der Waals surface area (Å²) in [5.74, 6) is 9.91. The molecule has 7 fully saturated rings. The van der Waals surface area contributed by atoms with Gasteiger partial charge in [-0.3, -0.25) is 4.79 Å². The van der Waals surface area contributed by atoms with Gasteiger partial charge >= 0.3 is 0 Å². The highest BCUT2D eigenvalue weighted by Crippen LogP contribution is 2.78. The van der Waals surface area contributed by atoms with Crippen LogP contribution in [-0.4, -0.2) is 21.8 Å². The molecule has 7 aliphatic rings. The molecular formula is C32H49BrO2. The van der Waals surface area contributed by atoms with Crippen LogP contribution in [-0.2, 0) is 4.79 Å². The molecule has 1 N–H and O–H groups in total. The number of hydrogen-bond donors (Lipinski definition) is 1. The SMILES string of the molecule is C[C@@]1(O)CC[C@@]2(C)C(C3C[C@H]4C5C[C@@H]3C54)[C@@H](CCC[C@@H]3[C@@H]4CCC[C@H](C(=O)CBr)[C@@]4(C)CC[C@@H]32)C1. The molecule has 7 rings (SSSR count). The molecule has 0 saturated heterocycles. The second-order valence-electron chi connectivity index (χ2n) is 15.6. The van der Waals surface area contributed by atoms with E-state index in [2.05, 4.69) is 36.7 Å². The van der Waals surface area contributed by atoms with Gasteiger partial charge in [0.15, 0.2) is 0 Å². The molecule has 0 heterocycles. The van der Waals surface area contributed by atoms with E-state index in [0.29, 0.717) is 16.5 Å². The quantitative estimate of drug-likeness (QED) is 0.370. The van der Waals surface area contributed by atoms with Crippen LogP contribution in [0.25, 0.3) is 0 Å². The fourth-order valence-electron chi connectivity index (χ4n) is 12.9. The van der Waals surface area contributed by atoms with E-state index in [1.165, 1.54) is 57.8 Å². The first-order valence-electron chi connectivity index (χ1n) is 15.5. The van der Waals surface area contributed by atoms with Crippen molar-refractivity contribution < 1.29 is 9.90 Å². The van der Waals surface area contributed by atoms with Crippen molar-refractivity contribution in [1.82, 2.24) is 0 Å². The monoisotopic (exact) mass is 544 g/mol. The first-order valence-corrected chi connectivity index (χ1v) is 16.6. The number of Topliss-reactive ketones (excluding diaryl/α,β-unsaturated/α-hetero) is 1. The van der Waals surface area contributed by atoms with E-state index in [9.17, 15) is 9.90 Å². The summed E-state index contributed by atoms with van der Waals surface area (Å²) in [5, 5.41) is 12.0. The van der Waals surface area contributed by atoms with Crippen LogP contribution in [0.5, 0.6) is 0 Å². The number of fused-ring (bicyclic) bond motifs is 7. The molecule has 3 heteroatoms. The van der Waals surface area contributed by atoms with Gasteiger partial charge in [0.1, 0.15) is 5.78 Å². The smallest absolute Gasteiger partial charge is 0.147 e. The van der Waals surface area contributed by atoms with E-state index in [1.54, 1.807) is 6.42 Å². The first-order chi connectivity index (χ1) is 16.7. The number of ketones is 1. The lowest BCUT2D eigenvalue weighted by Gasteiger charge is -2.62. The van der Waals surface area contributed by atoms with Crippen LogP contribution in [0.1, 0.15) is 104 Å². The van der Waals surface area contributed by atoms with Gasteiger partial charge in [0.05, 0.1) is 10.9 Å². The van der Waals surface area contributed by atoms with Crippen LogP contribution in [0.2, 0.25) is 0 Å². The minimum absolute atomic E-state index is 0.209. The third-order valence-electron chi connectivity index (χ3n) is 14.3. The summed E-state index contributed by atoms with van der Waals surface area (Å²) >= 11 is 3.54. The van der Waals surface area contributed by atoms with Gasteiger partial charge in [-0.25, -0.2) is 0 Å². The normalized spacial score (nSPS) is 60.7. The van der Waals surface area contributed by atoms with Crippen molar-refractivity contribution in [2.24, 2.45) is 75.9 Å². The van der Waals surface area contributed by atoms with Crippen molar-refractivity contribution >= 4 is 21.7 Å². The van der Waals surface area contributed by atoms with E-state index in [0.717, 1.165) is 78.4 Å². The van der Waals surface area contributed by atoms with Crippen LogP contribution < -0.4 is 0 Å². The zero-order valence-electron chi connectivity index (χ0n) is 22.5. The topological polar surface area (TPSA) is 37.3 Å². The predicted molar refractivity (Wildman–Crippen MR) is 144 cm³/mol. The number of rotatable bonds is 3. The largest absolute Gasteiger partial charge is 0.390 e. The van der Waals surface area contributed by atoms with E-state index >= 15 is 0 Å². The Hall–Kier alpha value is 0.110. The van der Waals surface area contributed by atoms with Crippen molar-refractivity contribution in [2.75, 3.05) is 5.33 Å². The average Bonchev–Trinajstić information content (AvgIpc) is 3.28. The maximum Gasteiger partial charge on any atom is 0.147 e. The Bertz CT molecular complexity index is 879. The Morgan fingerprint density at radius 2 is 1.49 bits per heavy atom. The Labute approximate surface area is 222 Å². The average molecular weight is 546 g/mol. The van der Waals surface area contributed by atoms with Crippen LogP contribution >= 0.6 is 15.9 Å². The molecule has 14 atom stereocenters. The Morgan fingerprint density at radius 1 is 0.800 bits per heavy atom. The Balaban J connectivity index is 1.27. The summed E-state index contributed by atoms with van der Waals surface area (Å²) in [7, 11) is 0. The van der Waals surface area contributed by atoms with E-state index in [-0.39, 0.29) is 11.3 Å². The predicted octanol–water partition coefficient (Wildman–Crippen LogP) is 7.66. The Kier molecular flexibility index (Phi) is 5.57. The van der Waals surface area contributed by atoms with Gasteiger partial charge in [-0.05, 0) is 141 Å². The van der Waals surface area contributed by atoms with Gasteiger partial charge in [-0.15, -0.1) is 0 Å². The van der Waals surface area contributed by atoms with Gasteiger partial charge in [-0.2, -0.15) is 0 Å². The molecule has 7 aliphatic carbocycles. The molecule has 196 valence electrons. The highest BCUT2D eigenvalue weighted by atomic mass is 79.9. The van der Waals surface area contributed by atoms with Crippen molar-refractivity contribution in [1.29, 1.82) is 0 Å². The van der Waals surface area contributed by atoms with Crippen LogP contribution in [0.15, 0.2) is 0 Å². The number of hydrogen-bond acceptors (Lipinski definition) is 2.